The molecule has 0 spiro atoms. The van der Waals surface area contributed by atoms with E-state index >= 15 is 0 Å². The Morgan fingerprint density at radius 2 is 1.81 bits per heavy atom. The van der Waals surface area contributed by atoms with Crippen LogP contribution >= 0.6 is 15.9 Å². The predicted octanol–water partition coefficient (Wildman–Crippen LogP) is 5.15. The third-order valence-corrected chi connectivity index (χ3v) is 5.07. The summed E-state index contributed by atoms with van der Waals surface area (Å²) in [5.74, 6) is 0.450. The molecule has 0 saturated heterocycles. The summed E-state index contributed by atoms with van der Waals surface area (Å²) in [6.07, 6.45) is -2.44. The van der Waals surface area contributed by atoms with Gasteiger partial charge in [0.25, 0.3) is 0 Å². The van der Waals surface area contributed by atoms with Crippen molar-refractivity contribution in [3.05, 3.63) is 88.4 Å². The van der Waals surface area contributed by atoms with Gasteiger partial charge in [-0.15, -0.1) is 0 Å². The highest BCUT2D eigenvalue weighted by atomic mass is 79.9. The van der Waals surface area contributed by atoms with Gasteiger partial charge in [0.2, 0.25) is 0 Å². The van der Waals surface area contributed by atoms with Crippen LogP contribution in [0.2, 0.25) is 0 Å². The summed E-state index contributed by atoms with van der Waals surface area (Å²) in [4.78, 5) is 12.7. The lowest BCUT2D eigenvalue weighted by Gasteiger charge is -2.28. The van der Waals surface area contributed by atoms with E-state index in [4.69, 9.17) is 14.7 Å². The number of aromatic hydroxyl groups is 1. The number of rotatable bonds is 8. The van der Waals surface area contributed by atoms with Gasteiger partial charge >= 0.3 is 6.09 Å². The minimum Gasteiger partial charge on any atom is -0.508 e. The number of ether oxygens (including phenoxy) is 2. The average molecular weight is 497 g/mol. The summed E-state index contributed by atoms with van der Waals surface area (Å²) < 4.78 is 12.4. The number of carbonyl (C=O) groups excluding carboxylic acids is 1. The first-order valence-corrected chi connectivity index (χ1v) is 10.6. The molecule has 7 nitrogen and oxygen atoms in total. The highest BCUT2D eigenvalue weighted by Gasteiger charge is 2.31. The molecule has 8 heteroatoms. The van der Waals surface area contributed by atoms with E-state index in [-0.39, 0.29) is 18.8 Å². The standard InChI is InChI=1S/C24H21BrN2O5/c25-17-8-11-21(29)20(14-17)23(22(12-13-28)31-19-4-2-1-3-5-19)32-24(30)27-18-9-6-16(15-26)7-10-18/h1-11,14,22-23,28-29H,12-13H2,(H,27,30)/t22-,23-/m0/s1. The molecule has 2 atom stereocenters. The summed E-state index contributed by atoms with van der Waals surface area (Å²) in [5, 5.41) is 31.6. The Bertz CT molecular complexity index is 1080. The molecule has 164 valence electrons. The van der Waals surface area contributed by atoms with Crippen molar-refractivity contribution in [2.45, 2.75) is 18.6 Å². The van der Waals surface area contributed by atoms with Crippen molar-refractivity contribution >= 4 is 27.7 Å². The number of para-hydroxylation sites is 1. The van der Waals surface area contributed by atoms with Crippen LogP contribution in [-0.2, 0) is 4.74 Å². The van der Waals surface area contributed by atoms with Gasteiger partial charge in [-0.2, -0.15) is 5.26 Å². The van der Waals surface area contributed by atoms with Gasteiger partial charge in [-0.1, -0.05) is 34.1 Å². The normalized spacial score (nSPS) is 12.3. The van der Waals surface area contributed by atoms with Crippen LogP contribution in [0.25, 0.3) is 0 Å². The molecule has 0 aliphatic carbocycles. The van der Waals surface area contributed by atoms with E-state index in [2.05, 4.69) is 21.2 Å². The van der Waals surface area contributed by atoms with Crippen LogP contribution in [0.3, 0.4) is 0 Å². The number of amides is 1. The number of benzene rings is 3. The number of phenols is 1. The van der Waals surface area contributed by atoms with Gasteiger partial charge in [0, 0.05) is 28.8 Å². The van der Waals surface area contributed by atoms with Crippen LogP contribution in [0.15, 0.2) is 77.3 Å². The van der Waals surface area contributed by atoms with Crippen LogP contribution in [0.1, 0.15) is 23.7 Å². The second-order valence-electron chi connectivity index (χ2n) is 6.82. The van der Waals surface area contributed by atoms with E-state index in [0.717, 1.165) is 0 Å². The summed E-state index contributed by atoms with van der Waals surface area (Å²) in [6, 6.07) is 22.0. The van der Waals surface area contributed by atoms with Crippen molar-refractivity contribution < 1.29 is 24.5 Å². The van der Waals surface area contributed by atoms with E-state index in [1.54, 1.807) is 60.7 Å². The number of aliphatic hydroxyl groups is 1. The SMILES string of the molecule is N#Cc1ccc(NC(=O)O[C@@H](c2cc(Br)ccc2O)[C@H](CCO)Oc2ccccc2)cc1. The number of nitrogens with one attached hydrogen (secondary N) is 1. The molecular weight excluding hydrogens is 476 g/mol. The van der Waals surface area contributed by atoms with Gasteiger partial charge in [0.05, 0.1) is 11.6 Å². The maximum absolute atomic E-state index is 12.7. The summed E-state index contributed by atoms with van der Waals surface area (Å²) in [5.41, 5.74) is 1.22. The quantitative estimate of drug-likeness (QED) is 0.397. The van der Waals surface area contributed by atoms with Crippen molar-refractivity contribution in [3.8, 4) is 17.6 Å². The van der Waals surface area contributed by atoms with Crippen molar-refractivity contribution in [2.24, 2.45) is 0 Å². The molecule has 0 heterocycles. The lowest BCUT2D eigenvalue weighted by atomic mass is 10.0. The molecule has 3 rings (SSSR count). The fourth-order valence-electron chi connectivity index (χ4n) is 3.06. The van der Waals surface area contributed by atoms with E-state index in [1.807, 2.05) is 12.1 Å². The monoisotopic (exact) mass is 496 g/mol. The fraction of sp³-hybridized carbons (Fsp3) is 0.167. The summed E-state index contributed by atoms with van der Waals surface area (Å²) in [7, 11) is 0. The van der Waals surface area contributed by atoms with Crippen LogP contribution in [0, 0.1) is 11.3 Å². The number of aliphatic hydroxyl groups excluding tert-OH is 1. The van der Waals surface area contributed by atoms with Gasteiger partial charge in [-0.05, 0) is 54.6 Å². The first-order chi connectivity index (χ1) is 15.5. The van der Waals surface area contributed by atoms with Crippen molar-refractivity contribution in [3.63, 3.8) is 0 Å². The fourth-order valence-corrected chi connectivity index (χ4v) is 3.44. The van der Waals surface area contributed by atoms with Crippen LogP contribution in [-0.4, -0.2) is 29.0 Å². The Balaban J connectivity index is 1.88. The average Bonchev–Trinajstić information content (AvgIpc) is 2.80. The summed E-state index contributed by atoms with van der Waals surface area (Å²) >= 11 is 3.37. The number of carbonyl (C=O) groups is 1. The molecule has 0 aromatic heterocycles. The Kier molecular flexibility index (Phi) is 8.08. The third-order valence-electron chi connectivity index (χ3n) is 4.57. The predicted molar refractivity (Wildman–Crippen MR) is 122 cm³/mol. The van der Waals surface area contributed by atoms with Crippen molar-refractivity contribution in [1.82, 2.24) is 0 Å². The maximum Gasteiger partial charge on any atom is 0.412 e. The van der Waals surface area contributed by atoms with Gasteiger partial charge < -0.3 is 19.7 Å². The van der Waals surface area contributed by atoms with E-state index in [1.165, 1.54) is 6.07 Å². The molecule has 3 aromatic rings. The summed E-state index contributed by atoms with van der Waals surface area (Å²) in [6.45, 7) is -0.219. The molecule has 3 aromatic carbocycles. The number of phenolic OH excluding ortho intramolecular Hbond substituents is 1. The minimum atomic E-state index is -1.03. The van der Waals surface area contributed by atoms with Crippen LogP contribution in [0.5, 0.6) is 11.5 Å². The van der Waals surface area contributed by atoms with E-state index in [9.17, 15) is 15.0 Å². The molecule has 1 amide bonds. The largest absolute Gasteiger partial charge is 0.508 e. The molecule has 0 bridgehead atoms. The topological polar surface area (TPSA) is 112 Å². The molecule has 0 fully saturated rings. The third kappa shape index (κ3) is 6.23. The number of nitriles is 1. The van der Waals surface area contributed by atoms with Gasteiger partial charge in [-0.25, -0.2) is 4.79 Å². The number of hydrogen-bond acceptors (Lipinski definition) is 6. The molecule has 32 heavy (non-hydrogen) atoms. The Labute approximate surface area is 194 Å². The Morgan fingerprint density at radius 3 is 2.47 bits per heavy atom. The Morgan fingerprint density at radius 1 is 1.09 bits per heavy atom. The Hall–Kier alpha value is -3.54. The number of anilines is 1. The van der Waals surface area contributed by atoms with Crippen molar-refractivity contribution in [1.29, 1.82) is 5.26 Å². The van der Waals surface area contributed by atoms with Crippen molar-refractivity contribution in [2.75, 3.05) is 11.9 Å². The zero-order valence-corrected chi connectivity index (χ0v) is 18.5. The van der Waals surface area contributed by atoms with Gasteiger partial charge in [0.15, 0.2) is 6.10 Å². The number of halogens is 1. The van der Waals surface area contributed by atoms with Gasteiger partial charge in [-0.3, -0.25) is 5.32 Å². The molecular formula is C24H21BrN2O5. The highest BCUT2D eigenvalue weighted by molar-refractivity contribution is 9.10. The minimum absolute atomic E-state index is 0.0797. The smallest absolute Gasteiger partial charge is 0.412 e. The molecule has 3 N–H and O–H groups in total. The molecule has 0 saturated carbocycles. The lowest BCUT2D eigenvalue weighted by Crippen LogP contribution is -2.32. The maximum atomic E-state index is 12.7. The second kappa shape index (κ2) is 11.2. The zero-order chi connectivity index (χ0) is 22.9. The highest BCUT2D eigenvalue weighted by Crippen LogP contribution is 2.35. The molecule has 0 aliphatic heterocycles. The van der Waals surface area contributed by atoms with Gasteiger partial charge in [0.1, 0.15) is 17.6 Å². The number of hydrogen-bond donors (Lipinski definition) is 3. The zero-order valence-electron chi connectivity index (χ0n) is 16.9. The van der Waals surface area contributed by atoms with Crippen LogP contribution in [0.4, 0.5) is 10.5 Å². The van der Waals surface area contributed by atoms with E-state index < -0.39 is 18.3 Å². The van der Waals surface area contributed by atoms with E-state index in [0.29, 0.717) is 27.0 Å². The van der Waals surface area contributed by atoms with Crippen LogP contribution < -0.4 is 10.1 Å². The first kappa shape index (κ1) is 23.1. The molecule has 0 unspecified atom stereocenters. The number of nitrogens with zero attached hydrogens (tertiary/aromatic N) is 1. The molecule has 0 aliphatic rings. The lowest BCUT2D eigenvalue weighted by molar-refractivity contribution is 0.00797. The molecule has 0 radical (unpaired) electrons. The second-order valence-corrected chi connectivity index (χ2v) is 7.74. The first-order valence-electron chi connectivity index (χ1n) is 9.79.